The van der Waals surface area contributed by atoms with Gasteiger partial charge in [-0.25, -0.2) is 0 Å². The van der Waals surface area contributed by atoms with Crippen LogP contribution in [0, 0.1) is 11.8 Å². The standard InChI is InChI=1S/C12H20/c1-6-12-9(3)7-8(2)10(4)11(12)5/h7,10-11H,6H2,1-5H3. The molecule has 0 N–H and O–H groups in total. The SMILES string of the molecule is CCC1=C(C)C=C(C)C(C)C1C. The zero-order valence-corrected chi connectivity index (χ0v) is 8.94. The van der Waals surface area contributed by atoms with Crippen LogP contribution >= 0.6 is 0 Å². The van der Waals surface area contributed by atoms with Crippen LogP contribution < -0.4 is 0 Å². The number of rotatable bonds is 1. The first-order valence-electron chi connectivity index (χ1n) is 4.95. The Hall–Kier alpha value is -0.520. The highest BCUT2D eigenvalue weighted by atomic mass is 14.3. The molecule has 2 unspecified atom stereocenters. The van der Waals surface area contributed by atoms with Crippen LogP contribution in [0.5, 0.6) is 0 Å². The lowest BCUT2D eigenvalue weighted by Gasteiger charge is -2.29. The van der Waals surface area contributed by atoms with Crippen LogP contribution in [0.15, 0.2) is 22.8 Å². The molecule has 0 saturated heterocycles. The summed E-state index contributed by atoms with van der Waals surface area (Å²) < 4.78 is 0. The Morgan fingerprint density at radius 3 is 2.25 bits per heavy atom. The Kier molecular flexibility index (Phi) is 2.76. The average Bonchev–Trinajstić information content (AvgIpc) is 2.01. The summed E-state index contributed by atoms with van der Waals surface area (Å²) in [5, 5.41) is 0. The van der Waals surface area contributed by atoms with E-state index in [1.807, 2.05) is 0 Å². The molecule has 2 atom stereocenters. The summed E-state index contributed by atoms with van der Waals surface area (Å²) in [6, 6.07) is 0. The second kappa shape index (κ2) is 3.47. The molecule has 1 aliphatic rings. The van der Waals surface area contributed by atoms with Crippen molar-refractivity contribution in [3.63, 3.8) is 0 Å². The van der Waals surface area contributed by atoms with Crippen LogP contribution in [0.1, 0.15) is 41.0 Å². The molecule has 0 aromatic rings. The van der Waals surface area contributed by atoms with Crippen molar-refractivity contribution in [1.82, 2.24) is 0 Å². The fourth-order valence-electron chi connectivity index (χ4n) is 2.22. The highest BCUT2D eigenvalue weighted by molar-refractivity contribution is 5.34. The number of hydrogen-bond acceptors (Lipinski definition) is 0. The molecule has 0 saturated carbocycles. The first-order valence-corrected chi connectivity index (χ1v) is 4.95. The van der Waals surface area contributed by atoms with Crippen molar-refractivity contribution in [2.75, 3.05) is 0 Å². The third-order valence-corrected chi connectivity index (χ3v) is 3.35. The van der Waals surface area contributed by atoms with E-state index in [1.165, 1.54) is 17.6 Å². The molecular weight excluding hydrogens is 144 g/mol. The van der Waals surface area contributed by atoms with Crippen LogP contribution in [-0.4, -0.2) is 0 Å². The maximum atomic E-state index is 2.35. The van der Waals surface area contributed by atoms with Crippen molar-refractivity contribution in [2.24, 2.45) is 11.8 Å². The van der Waals surface area contributed by atoms with Gasteiger partial charge in [0.1, 0.15) is 0 Å². The van der Waals surface area contributed by atoms with E-state index in [0.29, 0.717) is 0 Å². The first-order chi connectivity index (χ1) is 5.57. The number of allylic oxidation sites excluding steroid dienone is 4. The Morgan fingerprint density at radius 2 is 1.75 bits per heavy atom. The molecule has 0 fully saturated rings. The smallest absolute Gasteiger partial charge is 0.0163 e. The van der Waals surface area contributed by atoms with Gasteiger partial charge in [0.25, 0.3) is 0 Å². The zero-order valence-electron chi connectivity index (χ0n) is 8.94. The summed E-state index contributed by atoms with van der Waals surface area (Å²) in [6.07, 6.45) is 3.56. The van der Waals surface area contributed by atoms with Gasteiger partial charge < -0.3 is 0 Å². The second-order valence-electron chi connectivity index (χ2n) is 4.03. The predicted molar refractivity (Wildman–Crippen MR) is 55.1 cm³/mol. The van der Waals surface area contributed by atoms with E-state index in [1.54, 1.807) is 5.57 Å². The van der Waals surface area contributed by atoms with Crippen molar-refractivity contribution in [2.45, 2.75) is 41.0 Å². The van der Waals surface area contributed by atoms with Gasteiger partial charge in [0.2, 0.25) is 0 Å². The molecule has 0 aliphatic heterocycles. The highest BCUT2D eigenvalue weighted by Gasteiger charge is 2.21. The van der Waals surface area contributed by atoms with Gasteiger partial charge in [-0.15, -0.1) is 0 Å². The van der Waals surface area contributed by atoms with Crippen molar-refractivity contribution in [3.8, 4) is 0 Å². The van der Waals surface area contributed by atoms with Crippen molar-refractivity contribution >= 4 is 0 Å². The minimum atomic E-state index is 0.739. The normalized spacial score (nSPS) is 30.6. The Labute approximate surface area is 76.4 Å². The molecule has 1 aliphatic carbocycles. The van der Waals surface area contributed by atoms with Gasteiger partial charge in [0.05, 0.1) is 0 Å². The Bertz CT molecular complexity index is 230. The summed E-state index contributed by atoms with van der Waals surface area (Å²) in [6.45, 7) is 11.4. The molecule has 0 heteroatoms. The molecule has 0 nitrogen and oxygen atoms in total. The summed E-state index contributed by atoms with van der Waals surface area (Å²) in [7, 11) is 0. The molecule has 0 radical (unpaired) electrons. The van der Waals surface area contributed by atoms with E-state index in [0.717, 1.165) is 11.8 Å². The third-order valence-electron chi connectivity index (χ3n) is 3.35. The van der Waals surface area contributed by atoms with E-state index in [-0.39, 0.29) is 0 Å². The van der Waals surface area contributed by atoms with Gasteiger partial charge in [0, 0.05) is 0 Å². The van der Waals surface area contributed by atoms with Crippen LogP contribution in [0.4, 0.5) is 0 Å². The van der Waals surface area contributed by atoms with E-state index in [2.05, 4.69) is 40.7 Å². The largest absolute Gasteiger partial charge is 0.0696 e. The van der Waals surface area contributed by atoms with Gasteiger partial charge in [-0.05, 0) is 32.1 Å². The predicted octanol–water partition coefficient (Wildman–Crippen LogP) is 3.95. The molecule has 12 heavy (non-hydrogen) atoms. The van der Waals surface area contributed by atoms with Gasteiger partial charge in [-0.2, -0.15) is 0 Å². The van der Waals surface area contributed by atoms with Crippen molar-refractivity contribution in [1.29, 1.82) is 0 Å². The molecule has 0 spiro atoms. The minimum Gasteiger partial charge on any atom is -0.0696 e. The quantitative estimate of drug-likeness (QED) is 0.550. The average molecular weight is 164 g/mol. The number of hydrogen-bond donors (Lipinski definition) is 0. The van der Waals surface area contributed by atoms with Crippen molar-refractivity contribution < 1.29 is 0 Å². The van der Waals surface area contributed by atoms with Gasteiger partial charge in [-0.1, -0.05) is 43.6 Å². The second-order valence-corrected chi connectivity index (χ2v) is 4.03. The van der Waals surface area contributed by atoms with Gasteiger partial charge in [0.15, 0.2) is 0 Å². The highest BCUT2D eigenvalue weighted by Crippen LogP contribution is 2.35. The fraction of sp³-hybridized carbons (Fsp3) is 0.667. The molecule has 0 aromatic carbocycles. The third kappa shape index (κ3) is 1.48. The molecule has 0 heterocycles. The Morgan fingerprint density at radius 1 is 1.17 bits per heavy atom. The molecule has 0 amide bonds. The van der Waals surface area contributed by atoms with Crippen LogP contribution in [0.3, 0.4) is 0 Å². The molecule has 0 bridgehead atoms. The molecular formula is C12H20. The molecule has 68 valence electrons. The first kappa shape index (κ1) is 9.57. The monoisotopic (exact) mass is 164 g/mol. The fourth-order valence-corrected chi connectivity index (χ4v) is 2.22. The molecule has 1 rings (SSSR count). The zero-order chi connectivity index (χ0) is 9.30. The lowest BCUT2D eigenvalue weighted by atomic mass is 9.76. The van der Waals surface area contributed by atoms with E-state index in [4.69, 9.17) is 0 Å². The van der Waals surface area contributed by atoms with Crippen LogP contribution in [-0.2, 0) is 0 Å². The van der Waals surface area contributed by atoms with Gasteiger partial charge in [-0.3, -0.25) is 0 Å². The van der Waals surface area contributed by atoms with Crippen LogP contribution in [0.25, 0.3) is 0 Å². The van der Waals surface area contributed by atoms with Crippen molar-refractivity contribution in [3.05, 3.63) is 22.8 Å². The Balaban J connectivity index is 3.02. The lowest BCUT2D eigenvalue weighted by molar-refractivity contribution is 0.480. The van der Waals surface area contributed by atoms with E-state index >= 15 is 0 Å². The topological polar surface area (TPSA) is 0 Å². The summed E-state index contributed by atoms with van der Waals surface area (Å²) >= 11 is 0. The molecule has 0 aromatic heterocycles. The van der Waals surface area contributed by atoms with Crippen LogP contribution in [0.2, 0.25) is 0 Å². The maximum Gasteiger partial charge on any atom is -0.0163 e. The van der Waals surface area contributed by atoms with E-state index in [9.17, 15) is 0 Å². The lowest BCUT2D eigenvalue weighted by Crippen LogP contribution is -2.16. The minimum absolute atomic E-state index is 0.739. The summed E-state index contributed by atoms with van der Waals surface area (Å²) in [5.74, 6) is 1.49. The summed E-state index contributed by atoms with van der Waals surface area (Å²) in [5.41, 5.74) is 4.69. The van der Waals surface area contributed by atoms with E-state index < -0.39 is 0 Å². The summed E-state index contributed by atoms with van der Waals surface area (Å²) in [4.78, 5) is 0. The van der Waals surface area contributed by atoms with Gasteiger partial charge >= 0.3 is 0 Å². The maximum absolute atomic E-state index is 2.35.